The molecule has 0 fully saturated rings. The Hall–Kier alpha value is -1.81. The van der Waals surface area contributed by atoms with Gasteiger partial charge in [0, 0.05) is 25.7 Å². The van der Waals surface area contributed by atoms with Crippen molar-refractivity contribution in [3.8, 4) is 11.4 Å². The largest absolute Gasteiger partial charge is 0.360 e. The van der Waals surface area contributed by atoms with E-state index in [4.69, 9.17) is 4.98 Å². The molecule has 4 rings (SSSR count). The highest BCUT2D eigenvalue weighted by Crippen LogP contribution is 2.33. The van der Waals surface area contributed by atoms with Crippen molar-refractivity contribution >= 4 is 5.57 Å². The summed E-state index contributed by atoms with van der Waals surface area (Å²) < 4.78 is 2.46. The first-order valence-electron chi connectivity index (χ1n) is 7.57. The molecule has 0 radical (unpaired) electrons. The number of imidazole rings is 1. The first-order chi connectivity index (χ1) is 9.93. The molecule has 0 unspecified atom stereocenters. The van der Waals surface area contributed by atoms with Gasteiger partial charge in [-0.3, -0.25) is 0 Å². The van der Waals surface area contributed by atoms with Crippen molar-refractivity contribution in [3.05, 3.63) is 35.9 Å². The zero-order valence-electron chi connectivity index (χ0n) is 11.7. The average molecular weight is 268 g/mol. The molecule has 2 aromatic heterocycles. The van der Waals surface area contributed by atoms with Crippen molar-refractivity contribution < 1.29 is 0 Å². The Labute approximate surface area is 118 Å². The molecule has 0 saturated heterocycles. The van der Waals surface area contributed by atoms with Crippen LogP contribution in [0.3, 0.4) is 0 Å². The number of rotatable bonds is 2. The molecular formula is C16H20N4. The number of hydrogen-bond acceptors (Lipinski definition) is 2. The Morgan fingerprint density at radius 2 is 2.20 bits per heavy atom. The fourth-order valence-electron chi connectivity index (χ4n) is 3.31. The van der Waals surface area contributed by atoms with Crippen LogP contribution in [0, 0.1) is 0 Å². The Kier molecular flexibility index (Phi) is 2.96. The number of hydrogen-bond donors (Lipinski definition) is 2. The molecule has 0 bridgehead atoms. The second kappa shape index (κ2) is 4.94. The molecule has 0 aliphatic carbocycles. The molecule has 2 N–H and O–H groups in total. The van der Waals surface area contributed by atoms with Crippen LogP contribution in [0.2, 0.25) is 0 Å². The van der Waals surface area contributed by atoms with Crippen LogP contribution >= 0.6 is 0 Å². The second-order valence-electron chi connectivity index (χ2n) is 5.60. The molecule has 2 aromatic rings. The number of fused-ring (bicyclic) bond motifs is 1. The Morgan fingerprint density at radius 1 is 1.20 bits per heavy atom. The van der Waals surface area contributed by atoms with Crippen molar-refractivity contribution in [3.63, 3.8) is 0 Å². The maximum Gasteiger partial charge on any atom is 0.112 e. The van der Waals surface area contributed by atoms with Gasteiger partial charge >= 0.3 is 0 Å². The lowest BCUT2D eigenvalue weighted by molar-refractivity contribution is 0.517. The minimum Gasteiger partial charge on any atom is -0.360 e. The molecule has 0 amide bonds. The van der Waals surface area contributed by atoms with Gasteiger partial charge in [0.1, 0.15) is 11.5 Å². The van der Waals surface area contributed by atoms with Gasteiger partial charge in [-0.2, -0.15) is 0 Å². The van der Waals surface area contributed by atoms with Gasteiger partial charge in [0.25, 0.3) is 0 Å². The maximum absolute atomic E-state index is 4.94. The van der Waals surface area contributed by atoms with Crippen LogP contribution in [0.1, 0.15) is 30.8 Å². The van der Waals surface area contributed by atoms with Gasteiger partial charge in [0.2, 0.25) is 0 Å². The predicted octanol–water partition coefficient (Wildman–Crippen LogP) is 2.59. The van der Waals surface area contributed by atoms with Gasteiger partial charge in [-0.05, 0) is 43.5 Å². The third kappa shape index (κ3) is 1.91. The quantitative estimate of drug-likeness (QED) is 0.879. The molecule has 2 aliphatic heterocycles. The van der Waals surface area contributed by atoms with Gasteiger partial charge in [-0.25, -0.2) is 4.98 Å². The van der Waals surface area contributed by atoms with E-state index in [2.05, 4.69) is 27.0 Å². The standard InChI is InChI=1S/C16H20N4/c1-2-11-20-14(5-1)19-15(13-4-3-8-18-13)16(20)12-6-9-17-10-7-12/h3-4,6,8,17-18H,1-2,5,7,9-11H2. The van der Waals surface area contributed by atoms with E-state index < -0.39 is 0 Å². The zero-order chi connectivity index (χ0) is 13.4. The molecule has 0 atom stereocenters. The highest BCUT2D eigenvalue weighted by atomic mass is 15.1. The predicted molar refractivity (Wildman–Crippen MR) is 80.4 cm³/mol. The Morgan fingerprint density at radius 3 is 3.00 bits per heavy atom. The topological polar surface area (TPSA) is 45.6 Å². The van der Waals surface area contributed by atoms with Gasteiger partial charge in [-0.15, -0.1) is 0 Å². The summed E-state index contributed by atoms with van der Waals surface area (Å²) in [7, 11) is 0. The third-order valence-electron chi connectivity index (χ3n) is 4.30. The maximum atomic E-state index is 4.94. The number of aromatic nitrogens is 3. The van der Waals surface area contributed by atoms with Crippen LogP contribution < -0.4 is 5.32 Å². The summed E-state index contributed by atoms with van der Waals surface area (Å²) in [6.45, 7) is 3.15. The van der Waals surface area contributed by atoms with Crippen LogP contribution in [-0.2, 0) is 13.0 Å². The molecular weight excluding hydrogens is 248 g/mol. The molecule has 2 aliphatic rings. The summed E-state index contributed by atoms with van der Waals surface area (Å²) in [6, 6.07) is 4.17. The van der Waals surface area contributed by atoms with E-state index in [0.717, 1.165) is 43.9 Å². The van der Waals surface area contributed by atoms with Crippen molar-refractivity contribution in [2.75, 3.05) is 13.1 Å². The van der Waals surface area contributed by atoms with Gasteiger partial charge in [0.15, 0.2) is 0 Å². The van der Waals surface area contributed by atoms with E-state index in [0.29, 0.717) is 0 Å². The SMILES string of the molecule is C1=C(c2c(-c3ccc[nH]3)nc3n2CCCC3)CCNC1. The lowest BCUT2D eigenvalue weighted by atomic mass is 10.0. The van der Waals surface area contributed by atoms with Crippen LogP contribution in [0.15, 0.2) is 24.4 Å². The third-order valence-corrected chi connectivity index (χ3v) is 4.30. The van der Waals surface area contributed by atoms with Crippen molar-refractivity contribution in [2.24, 2.45) is 0 Å². The lowest BCUT2D eigenvalue weighted by Crippen LogP contribution is -2.22. The lowest BCUT2D eigenvalue weighted by Gasteiger charge is -2.20. The van der Waals surface area contributed by atoms with E-state index in [9.17, 15) is 0 Å². The van der Waals surface area contributed by atoms with Crippen LogP contribution in [0.4, 0.5) is 0 Å². The first kappa shape index (κ1) is 12.0. The molecule has 104 valence electrons. The number of aromatic amines is 1. The van der Waals surface area contributed by atoms with Gasteiger partial charge in [0.05, 0.1) is 11.4 Å². The normalized spacial score (nSPS) is 18.7. The Bertz CT molecular complexity index is 634. The smallest absolute Gasteiger partial charge is 0.112 e. The highest BCUT2D eigenvalue weighted by Gasteiger charge is 2.23. The summed E-state index contributed by atoms with van der Waals surface area (Å²) in [5, 5.41) is 3.40. The minimum atomic E-state index is 0.972. The zero-order valence-corrected chi connectivity index (χ0v) is 11.7. The molecule has 4 heterocycles. The number of nitrogens with zero attached hydrogens (tertiary/aromatic N) is 2. The van der Waals surface area contributed by atoms with E-state index in [-0.39, 0.29) is 0 Å². The van der Waals surface area contributed by atoms with Crippen molar-refractivity contribution in [1.29, 1.82) is 0 Å². The number of nitrogens with one attached hydrogen (secondary N) is 2. The molecule has 20 heavy (non-hydrogen) atoms. The minimum absolute atomic E-state index is 0.972. The molecule has 0 aromatic carbocycles. The summed E-state index contributed by atoms with van der Waals surface area (Å²) in [5.41, 5.74) is 5.08. The highest BCUT2D eigenvalue weighted by molar-refractivity contribution is 5.77. The summed E-state index contributed by atoms with van der Waals surface area (Å²) in [6.07, 6.45) is 9.05. The second-order valence-corrected chi connectivity index (χ2v) is 5.60. The molecule has 4 nitrogen and oxygen atoms in total. The van der Waals surface area contributed by atoms with Crippen LogP contribution in [-0.4, -0.2) is 27.6 Å². The molecule has 4 heteroatoms. The molecule has 0 saturated carbocycles. The van der Waals surface area contributed by atoms with Gasteiger partial charge in [-0.1, -0.05) is 6.08 Å². The van der Waals surface area contributed by atoms with Crippen molar-refractivity contribution in [1.82, 2.24) is 19.9 Å². The molecule has 0 spiro atoms. The van der Waals surface area contributed by atoms with E-state index >= 15 is 0 Å². The fourth-order valence-corrected chi connectivity index (χ4v) is 3.31. The summed E-state index contributed by atoms with van der Waals surface area (Å²) in [5.74, 6) is 1.26. The van der Waals surface area contributed by atoms with Gasteiger partial charge < -0.3 is 14.9 Å². The number of aryl methyl sites for hydroxylation is 1. The fraction of sp³-hybridized carbons (Fsp3) is 0.438. The summed E-state index contributed by atoms with van der Waals surface area (Å²) >= 11 is 0. The van der Waals surface area contributed by atoms with E-state index in [1.807, 2.05) is 12.3 Å². The van der Waals surface area contributed by atoms with E-state index in [1.165, 1.54) is 29.9 Å². The van der Waals surface area contributed by atoms with E-state index in [1.54, 1.807) is 0 Å². The Balaban J connectivity index is 1.89. The monoisotopic (exact) mass is 268 g/mol. The van der Waals surface area contributed by atoms with Crippen molar-refractivity contribution in [2.45, 2.75) is 32.2 Å². The first-order valence-corrected chi connectivity index (χ1v) is 7.57. The van der Waals surface area contributed by atoms with Crippen LogP contribution in [0.25, 0.3) is 17.0 Å². The number of H-pyrrole nitrogens is 1. The summed E-state index contributed by atoms with van der Waals surface area (Å²) in [4.78, 5) is 8.26. The van der Waals surface area contributed by atoms with Crippen LogP contribution in [0.5, 0.6) is 0 Å². The average Bonchev–Trinajstić information content (AvgIpc) is 3.15.